The van der Waals surface area contributed by atoms with E-state index < -0.39 is 9.84 Å². The molecule has 1 N–H and O–H groups in total. The Morgan fingerprint density at radius 3 is 2.54 bits per heavy atom. The fourth-order valence-electron chi connectivity index (χ4n) is 2.12. The molecule has 7 heteroatoms. The summed E-state index contributed by atoms with van der Waals surface area (Å²) in [6, 6.07) is 11.5. The topological polar surface area (TPSA) is 85.3 Å². The van der Waals surface area contributed by atoms with Crippen molar-refractivity contribution in [3.8, 4) is 11.7 Å². The van der Waals surface area contributed by atoms with Crippen molar-refractivity contribution >= 4 is 15.7 Å². The minimum atomic E-state index is -3.80. The van der Waals surface area contributed by atoms with Crippen molar-refractivity contribution in [2.45, 2.75) is 36.2 Å². The van der Waals surface area contributed by atoms with Crippen LogP contribution in [0.25, 0.3) is 11.7 Å². The van der Waals surface area contributed by atoms with Gasteiger partial charge >= 0.3 is 0 Å². The van der Waals surface area contributed by atoms with Gasteiger partial charge in [0.15, 0.2) is 5.76 Å². The fourth-order valence-corrected chi connectivity index (χ4v) is 3.41. The van der Waals surface area contributed by atoms with Crippen molar-refractivity contribution in [1.29, 1.82) is 0 Å². The maximum atomic E-state index is 12.9. The molecule has 0 amide bonds. The summed E-state index contributed by atoms with van der Waals surface area (Å²) in [5.41, 5.74) is 0. The molecular weight excluding hydrogens is 328 g/mol. The van der Waals surface area contributed by atoms with Crippen LogP contribution in [0.1, 0.15) is 20.3 Å². The second-order valence-corrected chi connectivity index (χ2v) is 7.27. The molecule has 0 aliphatic heterocycles. The molecule has 24 heavy (non-hydrogen) atoms. The van der Waals surface area contributed by atoms with Crippen molar-refractivity contribution in [3.63, 3.8) is 0 Å². The molecule has 1 aromatic carbocycles. The molecule has 0 unspecified atom stereocenters. The van der Waals surface area contributed by atoms with Gasteiger partial charge in [-0.1, -0.05) is 25.1 Å². The van der Waals surface area contributed by atoms with E-state index in [4.69, 9.17) is 8.83 Å². The molecule has 3 aromatic rings. The molecule has 2 aromatic heterocycles. The smallest absolute Gasteiger partial charge is 0.266 e. The number of benzene rings is 1. The number of anilines is 1. The molecule has 126 valence electrons. The molecule has 0 radical (unpaired) electrons. The van der Waals surface area contributed by atoms with Crippen LogP contribution < -0.4 is 5.32 Å². The summed E-state index contributed by atoms with van der Waals surface area (Å²) in [5, 5.41) is 2.93. The summed E-state index contributed by atoms with van der Waals surface area (Å²) in [6.07, 6.45) is 2.29. The fraction of sp³-hybridized carbons (Fsp3) is 0.235. The summed E-state index contributed by atoms with van der Waals surface area (Å²) < 4.78 is 36.7. The highest BCUT2D eigenvalue weighted by Gasteiger charge is 2.29. The number of hydrogen-bond acceptors (Lipinski definition) is 6. The second kappa shape index (κ2) is 6.52. The molecule has 0 saturated heterocycles. The largest absolute Gasteiger partial charge is 0.459 e. The van der Waals surface area contributed by atoms with Gasteiger partial charge in [-0.15, -0.1) is 0 Å². The van der Waals surface area contributed by atoms with Crippen molar-refractivity contribution in [2.75, 3.05) is 5.32 Å². The molecule has 0 spiro atoms. The molecule has 0 fully saturated rings. The lowest BCUT2D eigenvalue weighted by Gasteiger charge is -2.11. The Morgan fingerprint density at radius 2 is 1.92 bits per heavy atom. The zero-order valence-corrected chi connectivity index (χ0v) is 14.2. The monoisotopic (exact) mass is 346 g/mol. The first-order chi connectivity index (χ1) is 11.5. The van der Waals surface area contributed by atoms with Crippen LogP contribution in [-0.4, -0.2) is 19.4 Å². The zero-order chi connectivity index (χ0) is 17.2. The van der Waals surface area contributed by atoms with Gasteiger partial charge in [0.2, 0.25) is 20.7 Å². The van der Waals surface area contributed by atoms with Gasteiger partial charge in [-0.25, -0.2) is 8.42 Å². The number of aromatic nitrogens is 1. The van der Waals surface area contributed by atoms with Gasteiger partial charge in [0.1, 0.15) is 0 Å². The molecule has 2 heterocycles. The van der Waals surface area contributed by atoms with Crippen molar-refractivity contribution in [2.24, 2.45) is 0 Å². The van der Waals surface area contributed by atoms with E-state index in [1.54, 1.807) is 30.3 Å². The number of rotatable bonds is 6. The quantitative estimate of drug-likeness (QED) is 0.727. The van der Waals surface area contributed by atoms with Gasteiger partial charge in [-0.2, -0.15) is 4.98 Å². The van der Waals surface area contributed by atoms with Crippen LogP contribution >= 0.6 is 0 Å². The van der Waals surface area contributed by atoms with E-state index >= 15 is 0 Å². The lowest BCUT2D eigenvalue weighted by molar-refractivity contribution is 0.518. The van der Waals surface area contributed by atoms with E-state index in [1.165, 1.54) is 18.4 Å². The van der Waals surface area contributed by atoms with Gasteiger partial charge in [-0.05, 0) is 37.6 Å². The Labute approximate surface area is 140 Å². The average molecular weight is 346 g/mol. The molecule has 0 aliphatic rings. The number of sulfone groups is 1. The minimum absolute atomic E-state index is 0.0344. The summed E-state index contributed by atoms with van der Waals surface area (Å²) in [6.45, 7) is 3.93. The minimum Gasteiger partial charge on any atom is -0.459 e. The second-order valence-electron chi connectivity index (χ2n) is 5.40. The predicted octanol–water partition coefficient (Wildman–Crippen LogP) is 3.98. The first-order valence-corrected chi connectivity index (χ1v) is 9.12. The molecular formula is C17H18N2O4S. The first kappa shape index (κ1) is 16.3. The van der Waals surface area contributed by atoms with E-state index in [0.29, 0.717) is 5.76 Å². The molecule has 6 nitrogen and oxygen atoms in total. The molecule has 0 aliphatic carbocycles. The summed E-state index contributed by atoms with van der Waals surface area (Å²) in [5.74, 6) is 0.622. The van der Waals surface area contributed by atoms with Crippen molar-refractivity contribution < 1.29 is 17.3 Å². The highest BCUT2D eigenvalue weighted by Crippen LogP contribution is 2.32. The SMILES string of the molecule is CC[C@@H](C)Nc1oc(-c2ccco2)nc1S(=O)(=O)c1ccccc1. The Morgan fingerprint density at radius 1 is 1.17 bits per heavy atom. The van der Waals surface area contributed by atoms with Crippen molar-refractivity contribution in [3.05, 3.63) is 48.7 Å². The number of nitrogens with zero attached hydrogens (tertiary/aromatic N) is 1. The third kappa shape index (κ3) is 3.07. The highest BCUT2D eigenvalue weighted by atomic mass is 32.2. The van der Waals surface area contributed by atoms with Gasteiger partial charge in [0.25, 0.3) is 5.89 Å². The van der Waals surface area contributed by atoms with Gasteiger partial charge in [-0.3, -0.25) is 0 Å². The van der Waals surface area contributed by atoms with Gasteiger partial charge in [0.05, 0.1) is 11.2 Å². The predicted molar refractivity (Wildman–Crippen MR) is 89.5 cm³/mol. The summed E-state index contributed by atoms with van der Waals surface area (Å²) >= 11 is 0. The normalized spacial score (nSPS) is 12.9. The van der Waals surface area contributed by atoms with Crippen LogP contribution in [0.4, 0.5) is 5.88 Å². The lowest BCUT2D eigenvalue weighted by atomic mass is 10.3. The van der Waals surface area contributed by atoms with Gasteiger partial charge < -0.3 is 14.2 Å². The number of nitrogens with one attached hydrogen (secondary N) is 1. The molecule has 3 rings (SSSR count). The van der Waals surface area contributed by atoms with E-state index in [1.807, 2.05) is 13.8 Å². The van der Waals surface area contributed by atoms with Crippen LogP contribution in [0, 0.1) is 0 Å². The third-order valence-electron chi connectivity index (χ3n) is 3.63. The zero-order valence-electron chi connectivity index (χ0n) is 13.4. The maximum Gasteiger partial charge on any atom is 0.266 e. The van der Waals surface area contributed by atoms with Crippen LogP contribution in [0.3, 0.4) is 0 Å². The van der Waals surface area contributed by atoms with Crippen LogP contribution in [-0.2, 0) is 9.84 Å². The van der Waals surface area contributed by atoms with Crippen LogP contribution in [0.2, 0.25) is 0 Å². The third-order valence-corrected chi connectivity index (χ3v) is 5.30. The number of furan rings is 1. The Bertz CT molecular complexity index is 899. The van der Waals surface area contributed by atoms with Crippen molar-refractivity contribution in [1.82, 2.24) is 4.98 Å². The first-order valence-electron chi connectivity index (χ1n) is 7.63. The highest BCUT2D eigenvalue weighted by molar-refractivity contribution is 7.91. The number of hydrogen-bond donors (Lipinski definition) is 1. The maximum absolute atomic E-state index is 12.9. The van der Waals surface area contributed by atoms with E-state index in [-0.39, 0.29) is 27.7 Å². The van der Waals surface area contributed by atoms with Gasteiger partial charge in [0, 0.05) is 6.04 Å². The van der Waals surface area contributed by atoms with E-state index in [2.05, 4.69) is 10.3 Å². The molecule has 0 saturated carbocycles. The van der Waals surface area contributed by atoms with E-state index in [0.717, 1.165) is 6.42 Å². The standard InChI is InChI=1S/C17H18N2O4S/c1-3-12(2)18-16-17(19-15(23-16)14-10-7-11-22-14)24(20,21)13-8-5-4-6-9-13/h4-12,18H,3H2,1-2H3/t12-/m1/s1. The molecule has 0 bridgehead atoms. The molecule has 1 atom stereocenters. The summed E-state index contributed by atoms with van der Waals surface area (Å²) in [4.78, 5) is 4.34. The lowest BCUT2D eigenvalue weighted by Crippen LogP contribution is -2.15. The van der Waals surface area contributed by atoms with Crippen LogP contribution in [0.15, 0.2) is 67.5 Å². The van der Waals surface area contributed by atoms with Crippen LogP contribution in [0.5, 0.6) is 0 Å². The Hall–Kier alpha value is -2.54. The Balaban J connectivity index is 2.11. The Kier molecular flexibility index (Phi) is 4.44. The van der Waals surface area contributed by atoms with E-state index in [9.17, 15) is 8.42 Å². The number of oxazole rings is 1. The summed E-state index contributed by atoms with van der Waals surface area (Å²) in [7, 11) is -3.80. The average Bonchev–Trinajstić information content (AvgIpc) is 3.25.